The summed E-state index contributed by atoms with van der Waals surface area (Å²) in [4.78, 5) is 29.8. The molecule has 2 saturated heterocycles. The van der Waals surface area contributed by atoms with Gasteiger partial charge in [0.1, 0.15) is 5.75 Å². The van der Waals surface area contributed by atoms with Crippen LogP contribution in [0.4, 0.5) is 0 Å². The molecule has 1 unspecified atom stereocenters. The van der Waals surface area contributed by atoms with Crippen LogP contribution < -0.4 is 4.74 Å². The van der Waals surface area contributed by atoms with Crippen LogP contribution in [0.3, 0.4) is 0 Å². The van der Waals surface area contributed by atoms with Gasteiger partial charge in [0.05, 0.1) is 0 Å². The first-order chi connectivity index (χ1) is 14.4. The highest BCUT2D eigenvalue weighted by Crippen LogP contribution is 2.26. The van der Waals surface area contributed by atoms with Crippen LogP contribution in [-0.4, -0.2) is 53.9 Å². The Morgan fingerprint density at radius 3 is 2.17 bits per heavy atom. The van der Waals surface area contributed by atoms with Crippen molar-refractivity contribution >= 4 is 11.8 Å². The Balaban J connectivity index is 1.53. The number of likely N-dealkylation sites (tertiary alicyclic amines) is 2. The van der Waals surface area contributed by atoms with E-state index in [1.54, 1.807) is 0 Å². The molecule has 0 N–H and O–H groups in total. The maximum absolute atomic E-state index is 13.0. The van der Waals surface area contributed by atoms with Crippen LogP contribution in [0.25, 0.3) is 0 Å². The standard InChI is InChI=1S/C25H38N2O3/c1-18(2)22-10-9-19(3)23(17-22)30-20(4)24(28)27-15-11-21(12-16-27)25(29)26-13-7-5-6-8-14-26/h9-10,17-18,20-21H,5-8,11-16H2,1-4H3. The largest absolute Gasteiger partial charge is 0.481 e. The molecule has 2 heterocycles. The summed E-state index contributed by atoms with van der Waals surface area (Å²) >= 11 is 0. The van der Waals surface area contributed by atoms with Gasteiger partial charge in [-0.1, -0.05) is 38.8 Å². The van der Waals surface area contributed by atoms with Gasteiger partial charge in [0.25, 0.3) is 5.91 Å². The predicted molar refractivity (Wildman–Crippen MR) is 120 cm³/mol. The fourth-order valence-corrected chi connectivity index (χ4v) is 4.50. The van der Waals surface area contributed by atoms with Gasteiger partial charge >= 0.3 is 0 Å². The van der Waals surface area contributed by atoms with E-state index in [0.29, 0.717) is 24.9 Å². The fourth-order valence-electron chi connectivity index (χ4n) is 4.50. The molecule has 2 fully saturated rings. The summed E-state index contributed by atoms with van der Waals surface area (Å²) in [6.45, 7) is 11.2. The Morgan fingerprint density at radius 2 is 1.57 bits per heavy atom. The van der Waals surface area contributed by atoms with Crippen molar-refractivity contribution in [1.82, 2.24) is 9.80 Å². The van der Waals surface area contributed by atoms with E-state index < -0.39 is 6.10 Å². The summed E-state index contributed by atoms with van der Waals surface area (Å²) in [5, 5.41) is 0. The first-order valence-corrected chi connectivity index (χ1v) is 11.7. The number of hydrogen-bond donors (Lipinski definition) is 0. The van der Waals surface area contributed by atoms with Gasteiger partial charge in [-0.25, -0.2) is 0 Å². The van der Waals surface area contributed by atoms with Crippen LogP contribution in [0, 0.1) is 12.8 Å². The second kappa shape index (κ2) is 10.3. The highest BCUT2D eigenvalue weighted by atomic mass is 16.5. The molecule has 0 aromatic heterocycles. The van der Waals surface area contributed by atoms with Crippen LogP contribution in [0.15, 0.2) is 18.2 Å². The predicted octanol–water partition coefficient (Wildman–Crippen LogP) is 4.53. The molecule has 5 heteroatoms. The van der Waals surface area contributed by atoms with Gasteiger partial charge in [0.15, 0.2) is 6.10 Å². The van der Waals surface area contributed by atoms with Crippen molar-refractivity contribution in [2.45, 2.75) is 78.2 Å². The number of carbonyl (C=O) groups excluding carboxylic acids is 2. The third-order valence-electron chi connectivity index (χ3n) is 6.60. The quantitative estimate of drug-likeness (QED) is 0.711. The van der Waals surface area contributed by atoms with E-state index in [-0.39, 0.29) is 11.8 Å². The molecule has 3 rings (SSSR count). The van der Waals surface area contributed by atoms with E-state index in [0.717, 1.165) is 50.1 Å². The van der Waals surface area contributed by atoms with E-state index in [2.05, 4.69) is 36.9 Å². The van der Waals surface area contributed by atoms with Crippen LogP contribution >= 0.6 is 0 Å². The van der Waals surface area contributed by atoms with Crippen molar-refractivity contribution in [3.63, 3.8) is 0 Å². The number of ether oxygens (including phenoxy) is 1. The van der Waals surface area contributed by atoms with Gasteiger partial charge in [0.2, 0.25) is 5.91 Å². The first kappa shape index (κ1) is 22.6. The summed E-state index contributed by atoms with van der Waals surface area (Å²) in [6, 6.07) is 6.23. The molecule has 0 saturated carbocycles. The summed E-state index contributed by atoms with van der Waals surface area (Å²) in [5.74, 6) is 1.58. The molecule has 5 nitrogen and oxygen atoms in total. The van der Waals surface area contributed by atoms with Gasteiger partial charge in [-0.15, -0.1) is 0 Å². The Kier molecular flexibility index (Phi) is 7.79. The van der Waals surface area contributed by atoms with E-state index in [4.69, 9.17) is 4.74 Å². The number of aryl methyl sites for hydroxylation is 1. The van der Waals surface area contributed by atoms with Crippen molar-refractivity contribution in [2.75, 3.05) is 26.2 Å². The average Bonchev–Trinajstić information content (AvgIpc) is 3.03. The molecule has 1 aromatic rings. The lowest BCUT2D eigenvalue weighted by atomic mass is 9.94. The zero-order valence-electron chi connectivity index (χ0n) is 19.2. The van der Waals surface area contributed by atoms with Gasteiger partial charge < -0.3 is 14.5 Å². The minimum Gasteiger partial charge on any atom is -0.481 e. The number of hydrogen-bond acceptors (Lipinski definition) is 3. The fraction of sp³-hybridized carbons (Fsp3) is 0.680. The van der Waals surface area contributed by atoms with Crippen LogP contribution in [0.5, 0.6) is 5.75 Å². The molecule has 2 aliphatic rings. The highest BCUT2D eigenvalue weighted by molar-refractivity contribution is 5.82. The highest BCUT2D eigenvalue weighted by Gasteiger charge is 2.32. The number of nitrogens with zero attached hydrogens (tertiary/aromatic N) is 2. The van der Waals surface area contributed by atoms with Gasteiger partial charge in [-0.3, -0.25) is 9.59 Å². The lowest BCUT2D eigenvalue weighted by Gasteiger charge is -2.35. The van der Waals surface area contributed by atoms with Crippen molar-refractivity contribution in [3.05, 3.63) is 29.3 Å². The maximum Gasteiger partial charge on any atom is 0.263 e. The second-order valence-corrected chi connectivity index (χ2v) is 9.28. The number of rotatable bonds is 5. The molecule has 0 bridgehead atoms. The molecule has 0 aliphatic carbocycles. The van der Waals surface area contributed by atoms with E-state index in [1.807, 2.05) is 18.7 Å². The monoisotopic (exact) mass is 414 g/mol. The molecule has 30 heavy (non-hydrogen) atoms. The number of benzene rings is 1. The lowest BCUT2D eigenvalue weighted by molar-refractivity contribution is -0.143. The maximum atomic E-state index is 13.0. The zero-order chi connectivity index (χ0) is 21.7. The second-order valence-electron chi connectivity index (χ2n) is 9.28. The molecular formula is C25H38N2O3. The molecular weight excluding hydrogens is 376 g/mol. The van der Waals surface area contributed by atoms with Crippen LogP contribution in [0.2, 0.25) is 0 Å². The van der Waals surface area contributed by atoms with E-state index in [9.17, 15) is 9.59 Å². The molecule has 0 radical (unpaired) electrons. The third-order valence-corrected chi connectivity index (χ3v) is 6.60. The van der Waals surface area contributed by atoms with Crippen LogP contribution in [-0.2, 0) is 9.59 Å². The van der Waals surface area contributed by atoms with Gasteiger partial charge in [-0.05, 0) is 62.6 Å². The summed E-state index contributed by atoms with van der Waals surface area (Å²) in [7, 11) is 0. The lowest BCUT2D eigenvalue weighted by Crippen LogP contribution is -2.48. The van der Waals surface area contributed by atoms with E-state index in [1.165, 1.54) is 18.4 Å². The average molecular weight is 415 g/mol. The van der Waals surface area contributed by atoms with Crippen molar-refractivity contribution in [3.8, 4) is 5.75 Å². The molecule has 1 aromatic carbocycles. The Labute approximate surface area is 181 Å². The summed E-state index contributed by atoms with van der Waals surface area (Å²) in [6.07, 6.45) is 5.70. The first-order valence-electron chi connectivity index (χ1n) is 11.7. The molecule has 2 aliphatic heterocycles. The molecule has 0 spiro atoms. The van der Waals surface area contributed by atoms with E-state index >= 15 is 0 Å². The Bertz CT molecular complexity index is 730. The van der Waals surface area contributed by atoms with Crippen LogP contribution in [0.1, 0.15) is 76.3 Å². The minimum atomic E-state index is -0.524. The number of piperidine rings is 1. The smallest absolute Gasteiger partial charge is 0.263 e. The van der Waals surface area contributed by atoms with Gasteiger partial charge in [0, 0.05) is 32.1 Å². The minimum absolute atomic E-state index is 0.0185. The number of carbonyl (C=O) groups is 2. The Hall–Kier alpha value is -2.04. The molecule has 1 atom stereocenters. The normalized spacial score (nSPS) is 19.5. The molecule has 2 amide bonds. The third kappa shape index (κ3) is 5.55. The zero-order valence-corrected chi connectivity index (χ0v) is 19.2. The SMILES string of the molecule is Cc1ccc(C(C)C)cc1OC(C)C(=O)N1CCC(C(=O)N2CCCCCC2)CC1. The van der Waals surface area contributed by atoms with Gasteiger partial charge in [-0.2, -0.15) is 0 Å². The summed E-state index contributed by atoms with van der Waals surface area (Å²) in [5.41, 5.74) is 2.25. The van der Waals surface area contributed by atoms with Crippen molar-refractivity contribution in [1.29, 1.82) is 0 Å². The van der Waals surface area contributed by atoms with Crippen molar-refractivity contribution in [2.24, 2.45) is 5.92 Å². The van der Waals surface area contributed by atoms with Crippen molar-refractivity contribution < 1.29 is 14.3 Å². The number of amides is 2. The molecule has 166 valence electrons. The summed E-state index contributed by atoms with van der Waals surface area (Å²) < 4.78 is 6.07. The topological polar surface area (TPSA) is 49.9 Å². The Morgan fingerprint density at radius 1 is 0.933 bits per heavy atom.